The molecule has 0 saturated heterocycles. The number of nitrogens with one attached hydrogen (secondary N) is 2. The molecule has 0 bridgehead atoms. The van der Waals surface area contributed by atoms with Gasteiger partial charge >= 0.3 is 0 Å². The zero-order valence-corrected chi connectivity index (χ0v) is 16.1. The Morgan fingerprint density at radius 1 is 1.25 bits per heavy atom. The first-order valence-electron chi connectivity index (χ1n) is 9.40. The predicted molar refractivity (Wildman–Crippen MR) is 109 cm³/mol. The molecule has 144 valence electrons. The summed E-state index contributed by atoms with van der Waals surface area (Å²) in [5.41, 5.74) is 5.65. The molecule has 0 fully saturated rings. The van der Waals surface area contributed by atoms with Crippen LogP contribution in [0.3, 0.4) is 0 Å². The minimum absolute atomic E-state index is 0.00608. The number of anilines is 1. The van der Waals surface area contributed by atoms with Crippen LogP contribution in [0.15, 0.2) is 54.7 Å². The molecular weight excluding hydrogens is 352 g/mol. The fraction of sp³-hybridized carbons (Fsp3) is 0.273. The van der Waals surface area contributed by atoms with Gasteiger partial charge in [-0.25, -0.2) is 0 Å². The van der Waals surface area contributed by atoms with Crippen molar-refractivity contribution < 1.29 is 9.53 Å². The molecule has 3 aromatic rings. The Bertz CT molecular complexity index is 965. The number of benzene rings is 2. The van der Waals surface area contributed by atoms with E-state index in [-0.39, 0.29) is 11.9 Å². The fourth-order valence-corrected chi connectivity index (χ4v) is 3.86. The lowest BCUT2D eigenvalue weighted by Gasteiger charge is -2.36. The van der Waals surface area contributed by atoms with Gasteiger partial charge in [-0.05, 0) is 42.3 Å². The van der Waals surface area contributed by atoms with E-state index in [4.69, 9.17) is 4.74 Å². The van der Waals surface area contributed by atoms with Crippen molar-refractivity contribution in [3.05, 3.63) is 65.9 Å². The Labute approximate surface area is 164 Å². The normalized spacial score (nSPS) is 15.8. The molecule has 1 unspecified atom stereocenters. The molecule has 6 heteroatoms. The van der Waals surface area contributed by atoms with Crippen LogP contribution in [0.1, 0.15) is 18.1 Å². The largest absolute Gasteiger partial charge is 0.497 e. The summed E-state index contributed by atoms with van der Waals surface area (Å²) in [4.78, 5) is 13.9. The lowest BCUT2D eigenvalue weighted by atomic mass is 9.97. The first-order valence-corrected chi connectivity index (χ1v) is 9.40. The molecule has 1 atom stereocenters. The number of rotatable bonds is 5. The van der Waals surface area contributed by atoms with Gasteiger partial charge in [-0.2, -0.15) is 5.10 Å². The van der Waals surface area contributed by atoms with Crippen LogP contribution < -0.4 is 15.0 Å². The summed E-state index contributed by atoms with van der Waals surface area (Å²) in [5.74, 6) is 0.833. The van der Waals surface area contributed by atoms with Crippen molar-refractivity contribution in [1.82, 2.24) is 15.5 Å². The molecular formula is C22H24N4O2. The highest BCUT2D eigenvalue weighted by Gasteiger charge is 2.25. The number of hydrogen-bond donors (Lipinski definition) is 2. The van der Waals surface area contributed by atoms with E-state index in [2.05, 4.69) is 38.6 Å². The first-order chi connectivity index (χ1) is 13.6. The SMILES string of the molecule is COc1ccc(-c2[nH]ncc2CN2CC(NC(C)=O)Cc3ccccc32)cc1. The number of para-hydroxylation sites is 1. The molecule has 1 aliphatic rings. The maximum atomic E-state index is 11.6. The average molecular weight is 376 g/mol. The van der Waals surface area contributed by atoms with Crippen LogP contribution in [0.2, 0.25) is 0 Å². The van der Waals surface area contributed by atoms with Crippen molar-refractivity contribution in [2.24, 2.45) is 0 Å². The number of methoxy groups -OCH3 is 1. The number of aromatic amines is 1. The van der Waals surface area contributed by atoms with Gasteiger partial charge in [0.15, 0.2) is 0 Å². The summed E-state index contributed by atoms with van der Waals surface area (Å²) in [7, 11) is 1.66. The number of carbonyl (C=O) groups is 1. The Balaban J connectivity index is 1.61. The van der Waals surface area contributed by atoms with E-state index >= 15 is 0 Å². The molecule has 0 spiro atoms. The zero-order chi connectivity index (χ0) is 19.5. The van der Waals surface area contributed by atoms with Gasteiger partial charge in [0.25, 0.3) is 0 Å². The topological polar surface area (TPSA) is 70.2 Å². The Kier molecular flexibility index (Phi) is 5.02. The second kappa shape index (κ2) is 7.76. The number of carbonyl (C=O) groups excluding carboxylic acids is 1. The number of hydrogen-bond acceptors (Lipinski definition) is 4. The smallest absolute Gasteiger partial charge is 0.217 e. The Hall–Kier alpha value is -3.28. The maximum Gasteiger partial charge on any atom is 0.217 e. The van der Waals surface area contributed by atoms with E-state index in [9.17, 15) is 4.79 Å². The molecule has 2 aromatic carbocycles. The Morgan fingerprint density at radius 3 is 2.79 bits per heavy atom. The number of nitrogens with zero attached hydrogens (tertiary/aromatic N) is 2. The molecule has 0 aliphatic carbocycles. The van der Waals surface area contributed by atoms with Gasteiger partial charge in [-0.3, -0.25) is 9.89 Å². The molecule has 6 nitrogen and oxygen atoms in total. The lowest BCUT2D eigenvalue weighted by molar-refractivity contribution is -0.119. The van der Waals surface area contributed by atoms with E-state index in [1.165, 1.54) is 11.3 Å². The van der Waals surface area contributed by atoms with Crippen LogP contribution in [0.5, 0.6) is 5.75 Å². The minimum atomic E-state index is 0.00608. The van der Waals surface area contributed by atoms with Crippen LogP contribution in [0.4, 0.5) is 5.69 Å². The van der Waals surface area contributed by atoms with Gasteiger partial charge in [0.2, 0.25) is 5.91 Å². The fourth-order valence-electron chi connectivity index (χ4n) is 3.86. The van der Waals surface area contributed by atoms with Crippen LogP contribution in [-0.4, -0.2) is 35.8 Å². The van der Waals surface area contributed by atoms with Gasteiger partial charge in [0.1, 0.15) is 5.75 Å². The van der Waals surface area contributed by atoms with Gasteiger partial charge in [0.05, 0.1) is 25.0 Å². The van der Waals surface area contributed by atoms with E-state index < -0.39 is 0 Å². The van der Waals surface area contributed by atoms with Crippen LogP contribution in [0.25, 0.3) is 11.3 Å². The standard InChI is InChI=1S/C22H24N4O2/c1-15(27)24-19-11-17-5-3-4-6-21(17)26(14-19)13-18-12-23-25-22(18)16-7-9-20(28-2)10-8-16/h3-10,12,19H,11,13-14H2,1-2H3,(H,23,25)(H,24,27). The molecule has 2 heterocycles. The first kappa shape index (κ1) is 18.1. The summed E-state index contributed by atoms with van der Waals surface area (Å²) >= 11 is 0. The number of aromatic nitrogens is 2. The summed E-state index contributed by atoms with van der Waals surface area (Å²) < 4.78 is 5.25. The number of amides is 1. The summed E-state index contributed by atoms with van der Waals surface area (Å²) in [6.07, 6.45) is 2.73. The Morgan fingerprint density at radius 2 is 2.04 bits per heavy atom. The molecule has 4 rings (SSSR count). The van der Waals surface area contributed by atoms with Gasteiger partial charge in [0, 0.05) is 36.8 Å². The maximum absolute atomic E-state index is 11.6. The average Bonchev–Trinajstić information content (AvgIpc) is 3.16. The third-order valence-corrected chi connectivity index (χ3v) is 5.10. The lowest BCUT2D eigenvalue weighted by Crippen LogP contribution is -2.47. The molecule has 2 N–H and O–H groups in total. The second-order valence-electron chi connectivity index (χ2n) is 7.11. The molecule has 1 aliphatic heterocycles. The quantitative estimate of drug-likeness (QED) is 0.718. The van der Waals surface area contributed by atoms with Crippen molar-refractivity contribution in [3.8, 4) is 17.0 Å². The number of H-pyrrole nitrogens is 1. The van der Waals surface area contributed by atoms with Gasteiger partial charge in [-0.15, -0.1) is 0 Å². The molecule has 0 radical (unpaired) electrons. The van der Waals surface area contributed by atoms with Crippen LogP contribution in [-0.2, 0) is 17.8 Å². The van der Waals surface area contributed by atoms with Crippen molar-refractivity contribution in [3.63, 3.8) is 0 Å². The molecule has 1 amide bonds. The summed E-state index contributed by atoms with van der Waals surface area (Å²) in [6.45, 7) is 3.05. The second-order valence-corrected chi connectivity index (χ2v) is 7.11. The van der Waals surface area contributed by atoms with Crippen molar-refractivity contribution in [1.29, 1.82) is 0 Å². The molecule has 28 heavy (non-hydrogen) atoms. The van der Waals surface area contributed by atoms with Crippen molar-refractivity contribution in [2.75, 3.05) is 18.6 Å². The molecule has 1 aromatic heterocycles. The third-order valence-electron chi connectivity index (χ3n) is 5.10. The summed E-state index contributed by atoms with van der Waals surface area (Å²) in [5, 5.41) is 10.5. The highest BCUT2D eigenvalue weighted by atomic mass is 16.5. The molecule has 0 saturated carbocycles. The van der Waals surface area contributed by atoms with Gasteiger partial charge in [-0.1, -0.05) is 18.2 Å². The van der Waals surface area contributed by atoms with Crippen molar-refractivity contribution in [2.45, 2.75) is 25.9 Å². The van der Waals surface area contributed by atoms with Gasteiger partial charge < -0.3 is 15.0 Å². The van der Waals surface area contributed by atoms with E-state index in [1.807, 2.05) is 36.5 Å². The van der Waals surface area contributed by atoms with Crippen LogP contribution >= 0.6 is 0 Å². The monoisotopic (exact) mass is 376 g/mol. The number of fused-ring (bicyclic) bond motifs is 1. The number of ether oxygens (including phenoxy) is 1. The predicted octanol–water partition coefficient (Wildman–Crippen LogP) is 3.15. The van der Waals surface area contributed by atoms with E-state index in [1.54, 1.807) is 14.0 Å². The highest BCUT2D eigenvalue weighted by molar-refractivity contribution is 5.74. The third kappa shape index (κ3) is 3.71. The summed E-state index contributed by atoms with van der Waals surface area (Å²) in [6, 6.07) is 16.4. The van der Waals surface area contributed by atoms with E-state index in [0.29, 0.717) is 6.54 Å². The van der Waals surface area contributed by atoms with Crippen LogP contribution in [0, 0.1) is 0 Å². The highest BCUT2D eigenvalue weighted by Crippen LogP contribution is 2.31. The van der Waals surface area contributed by atoms with E-state index in [0.717, 1.165) is 35.5 Å². The minimum Gasteiger partial charge on any atom is -0.497 e. The zero-order valence-electron chi connectivity index (χ0n) is 16.1. The van der Waals surface area contributed by atoms with Crippen molar-refractivity contribution >= 4 is 11.6 Å².